The molecule has 0 radical (unpaired) electrons. The number of rotatable bonds is 2. The summed E-state index contributed by atoms with van der Waals surface area (Å²) in [5, 5.41) is 8.07. The molecule has 0 aromatic heterocycles. The Hall–Kier alpha value is 0.396. The predicted molar refractivity (Wildman–Crippen MR) is 29.8 cm³/mol. The van der Waals surface area contributed by atoms with Gasteiger partial charge in [-0.1, -0.05) is 13.3 Å². The summed E-state index contributed by atoms with van der Waals surface area (Å²) < 4.78 is 8.38. The van der Waals surface area contributed by atoms with Gasteiger partial charge in [-0.2, -0.15) is 0 Å². The zero-order valence-electron chi connectivity index (χ0n) is 4.68. The van der Waals surface area contributed by atoms with Crippen molar-refractivity contribution < 1.29 is 8.65 Å². The molecule has 42 valence electrons. The molecule has 0 unspecified atom stereocenters. The van der Waals surface area contributed by atoms with Gasteiger partial charge in [-0.3, -0.25) is 0 Å². The molecule has 0 fully saturated rings. The van der Waals surface area contributed by atoms with Crippen LogP contribution in [0.1, 0.15) is 19.8 Å². The van der Waals surface area contributed by atoms with E-state index in [0.29, 0.717) is 6.61 Å². The minimum atomic E-state index is 0.125. The van der Waals surface area contributed by atoms with E-state index < -0.39 is 0 Å². The molecule has 0 amide bonds. The molecule has 1 N–H and O–H groups in total. The van der Waals surface area contributed by atoms with Crippen LogP contribution < -0.4 is 0 Å². The Balaban J connectivity index is 0. The van der Waals surface area contributed by atoms with Crippen LogP contribution in [0.25, 0.3) is 0 Å². The van der Waals surface area contributed by atoms with Gasteiger partial charge in [0.1, 0.15) is 0 Å². The normalized spacial score (nSPS) is 6.43. The van der Waals surface area contributed by atoms with E-state index in [4.69, 9.17) is 8.65 Å². The summed E-state index contributed by atoms with van der Waals surface area (Å²) >= 11 is 0.125. The second kappa shape index (κ2) is 16.1. The molecular formula is C4H11GaO2. The third-order valence-corrected chi connectivity index (χ3v) is 0.512. The first-order valence-corrected chi connectivity index (χ1v) is 3.52. The van der Waals surface area contributed by atoms with Crippen molar-refractivity contribution in [2.75, 3.05) is 6.61 Å². The molecule has 0 aliphatic heterocycles. The van der Waals surface area contributed by atoms with Crippen LogP contribution >= 0.6 is 0 Å². The summed E-state index contributed by atoms with van der Waals surface area (Å²) in [6, 6.07) is 0. The Morgan fingerprint density at radius 2 is 2.00 bits per heavy atom. The topological polar surface area (TPSA) is 37.3 Å². The molecular weight excluding hydrogens is 150 g/mol. The number of aliphatic hydroxyl groups is 1. The van der Waals surface area contributed by atoms with Gasteiger partial charge in [-0.15, -0.1) is 0 Å². The van der Waals surface area contributed by atoms with Crippen molar-refractivity contribution >= 4 is 18.6 Å². The van der Waals surface area contributed by atoms with Crippen molar-refractivity contribution in [3.63, 3.8) is 0 Å². The molecule has 0 rings (SSSR count). The zero-order chi connectivity index (χ0) is 6.12. The standard InChI is InChI=1S/C4H10O.Ga.O.H/c1-2-3-4-5;;;/h5H,2-4H2,1H3;;;. The average Bonchev–Trinajstić information content (AvgIpc) is 1.75. The molecule has 0 saturated heterocycles. The van der Waals surface area contributed by atoms with Crippen LogP contribution in [0, 0.1) is 0 Å². The van der Waals surface area contributed by atoms with Crippen molar-refractivity contribution in [3.05, 3.63) is 0 Å². The Bertz CT molecular complexity index is 23.7. The molecule has 0 aliphatic rings. The monoisotopic (exact) mass is 160 g/mol. The van der Waals surface area contributed by atoms with Gasteiger partial charge in [-0.25, -0.2) is 0 Å². The van der Waals surface area contributed by atoms with Gasteiger partial charge in [0.2, 0.25) is 0 Å². The van der Waals surface area contributed by atoms with Crippen LogP contribution in [0.2, 0.25) is 0 Å². The van der Waals surface area contributed by atoms with Gasteiger partial charge in [-0.05, 0) is 6.42 Å². The summed E-state index contributed by atoms with van der Waals surface area (Å²) in [5.74, 6) is 0. The van der Waals surface area contributed by atoms with E-state index in [-0.39, 0.29) is 18.6 Å². The van der Waals surface area contributed by atoms with E-state index >= 15 is 0 Å². The molecule has 0 heterocycles. The third kappa shape index (κ3) is 21.5. The summed E-state index contributed by atoms with van der Waals surface area (Å²) in [6.07, 6.45) is 2.04. The first-order valence-electron chi connectivity index (χ1n) is 2.31. The van der Waals surface area contributed by atoms with Crippen LogP contribution in [0.4, 0.5) is 0 Å². The molecule has 2 nitrogen and oxygen atoms in total. The molecule has 0 aromatic rings. The van der Waals surface area contributed by atoms with E-state index in [1.807, 2.05) is 0 Å². The predicted octanol–water partition coefficient (Wildman–Crippen LogP) is 0.0115. The van der Waals surface area contributed by atoms with E-state index in [1.165, 1.54) is 0 Å². The number of aliphatic hydroxyl groups excluding tert-OH is 1. The average molecular weight is 161 g/mol. The summed E-state index contributed by atoms with van der Waals surface area (Å²) in [4.78, 5) is 0. The van der Waals surface area contributed by atoms with Gasteiger partial charge in [0.25, 0.3) is 0 Å². The molecule has 0 aromatic carbocycles. The molecule has 0 saturated carbocycles. The van der Waals surface area contributed by atoms with Crippen LogP contribution in [-0.2, 0) is 3.54 Å². The van der Waals surface area contributed by atoms with Crippen LogP contribution in [-0.4, -0.2) is 30.3 Å². The van der Waals surface area contributed by atoms with E-state index in [0.717, 1.165) is 12.8 Å². The fourth-order valence-electron chi connectivity index (χ4n) is 0.158. The van der Waals surface area contributed by atoms with Crippen molar-refractivity contribution in [2.24, 2.45) is 0 Å². The maximum atomic E-state index is 8.38. The van der Waals surface area contributed by atoms with Gasteiger partial charge < -0.3 is 5.11 Å². The van der Waals surface area contributed by atoms with Crippen molar-refractivity contribution in [3.8, 4) is 0 Å². The van der Waals surface area contributed by atoms with Crippen molar-refractivity contribution in [1.29, 1.82) is 0 Å². The summed E-state index contributed by atoms with van der Waals surface area (Å²) in [5.41, 5.74) is 0. The minimum absolute atomic E-state index is 0.125. The van der Waals surface area contributed by atoms with Gasteiger partial charge >= 0.3 is 22.1 Å². The SMILES string of the molecule is CCCCO.[O]=[GaH]. The van der Waals surface area contributed by atoms with Gasteiger partial charge in [0, 0.05) is 6.61 Å². The second-order valence-electron chi connectivity index (χ2n) is 1.08. The Labute approximate surface area is 54.1 Å². The number of unbranched alkanes of at least 4 members (excludes halogenated alkanes) is 1. The molecule has 0 spiro atoms. The summed E-state index contributed by atoms with van der Waals surface area (Å²) in [6.45, 7) is 2.40. The Morgan fingerprint density at radius 3 is 2.00 bits per heavy atom. The molecule has 7 heavy (non-hydrogen) atoms. The molecule has 0 aliphatic carbocycles. The van der Waals surface area contributed by atoms with Gasteiger partial charge in [0.15, 0.2) is 0 Å². The molecule has 0 atom stereocenters. The number of hydrogen-bond donors (Lipinski definition) is 1. The van der Waals surface area contributed by atoms with E-state index in [1.54, 1.807) is 0 Å². The maximum absolute atomic E-state index is 8.38. The summed E-state index contributed by atoms with van der Waals surface area (Å²) in [7, 11) is 0. The Kier molecular flexibility index (Phi) is 24.0. The van der Waals surface area contributed by atoms with Gasteiger partial charge in [0.05, 0.1) is 0 Å². The molecule has 3 heteroatoms. The van der Waals surface area contributed by atoms with Crippen LogP contribution in [0.15, 0.2) is 0 Å². The first-order chi connectivity index (χ1) is 3.41. The van der Waals surface area contributed by atoms with Crippen LogP contribution in [0.3, 0.4) is 0 Å². The number of hydrogen-bond acceptors (Lipinski definition) is 2. The van der Waals surface area contributed by atoms with Crippen molar-refractivity contribution in [1.82, 2.24) is 0 Å². The molecule has 0 bridgehead atoms. The quantitative estimate of drug-likeness (QED) is 0.579. The van der Waals surface area contributed by atoms with Crippen molar-refractivity contribution in [2.45, 2.75) is 19.8 Å². The van der Waals surface area contributed by atoms with E-state index in [9.17, 15) is 0 Å². The fourth-order valence-corrected chi connectivity index (χ4v) is 0.158. The van der Waals surface area contributed by atoms with Crippen LogP contribution in [0.5, 0.6) is 0 Å². The first kappa shape index (κ1) is 10.4. The third-order valence-electron chi connectivity index (χ3n) is 0.512. The van der Waals surface area contributed by atoms with E-state index in [2.05, 4.69) is 6.92 Å². The zero-order valence-corrected chi connectivity index (χ0v) is 7.65. The second-order valence-corrected chi connectivity index (χ2v) is 1.08. The fraction of sp³-hybridized carbons (Fsp3) is 1.00. The Morgan fingerprint density at radius 1 is 1.57 bits per heavy atom.